The van der Waals surface area contributed by atoms with Gasteiger partial charge in [-0.2, -0.15) is 0 Å². The van der Waals surface area contributed by atoms with Crippen LogP contribution in [0.2, 0.25) is 0 Å². The van der Waals surface area contributed by atoms with E-state index >= 15 is 0 Å². The summed E-state index contributed by atoms with van der Waals surface area (Å²) in [6.07, 6.45) is 5.91. The molecule has 0 spiro atoms. The molecular formula is C15H16N2. The third-order valence-corrected chi connectivity index (χ3v) is 4.18. The normalized spacial score (nSPS) is 28.1. The maximum Gasteiger partial charge on any atom is 0.113 e. The van der Waals surface area contributed by atoms with Crippen molar-refractivity contribution in [2.45, 2.75) is 32.9 Å². The van der Waals surface area contributed by atoms with Crippen molar-refractivity contribution in [2.24, 2.45) is 10.9 Å². The van der Waals surface area contributed by atoms with Crippen LogP contribution in [-0.2, 0) is 6.54 Å². The molecule has 0 amide bonds. The minimum atomic E-state index is 0.578. The molecule has 2 nitrogen and oxygen atoms in total. The van der Waals surface area contributed by atoms with Crippen LogP contribution in [0.3, 0.4) is 0 Å². The highest BCUT2D eigenvalue weighted by Gasteiger charge is 2.41. The summed E-state index contributed by atoms with van der Waals surface area (Å²) < 4.78 is 0. The van der Waals surface area contributed by atoms with Crippen molar-refractivity contribution in [3.8, 4) is 0 Å². The van der Waals surface area contributed by atoms with Crippen LogP contribution < -0.4 is 0 Å². The van der Waals surface area contributed by atoms with E-state index in [9.17, 15) is 0 Å². The SMILES string of the molecule is Cc1cc(C)c2c(c1)CN1C(=N2)C2C=CC1C2. The highest BCUT2D eigenvalue weighted by atomic mass is 15.3. The van der Waals surface area contributed by atoms with Crippen LogP contribution >= 0.6 is 0 Å². The summed E-state index contributed by atoms with van der Waals surface area (Å²) in [7, 11) is 0. The molecule has 2 heteroatoms. The van der Waals surface area contributed by atoms with Crippen molar-refractivity contribution < 1.29 is 0 Å². The second kappa shape index (κ2) is 3.00. The average Bonchev–Trinajstić information content (AvgIpc) is 2.87. The Kier molecular flexibility index (Phi) is 1.67. The van der Waals surface area contributed by atoms with Gasteiger partial charge in [-0.1, -0.05) is 29.8 Å². The number of amidine groups is 1. The number of rotatable bonds is 0. The molecule has 0 aromatic heterocycles. The van der Waals surface area contributed by atoms with Crippen molar-refractivity contribution in [1.82, 2.24) is 4.90 Å². The first kappa shape index (κ1) is 9.46. The molecule has 1 aromatic rings. The van der Waals surface area contributed by atoms with Crippen LogP contribution in [0.4, 0.5) is 5.69 Å². The number of benzene rings is 1. The van der Waals surface area contributed by atoms with Crippen molar-refractivity contribution in [1.29, 1.82) is 0 Å². The topological polar surface area (TPSA) is 15.6 Å². The van der Waals surface area contributed by atoms with Crippen LogP contribution in [0.25, 0.3) is 0 Å². The van der Waals surface area contributed by atoms with E-state index in [1.54, 1.807) is 0 Å². The summed E-state index contributed by atoms with van der Waals surface area (Å²) in [5.41, 5.74) is 5.29. The molecule has 86 valence electrons. The Morgan fingerprint density at radius 1 is 1.24 bits per heavy atom. The van der Waals surface area contributed by atoms with E-state index in [2.05, 4.69) is 43.0 Å². The third-order valence-electron chi connectivity index (χ3n) is 4.18. The van der Waals surface area contributed by atoms with Gasteiger partial charge in [-0.25, -0.2) is 4.99 Å². The zero-order valence-corrected chi connectivity index (χ0v) is 10.3. The van der Waals surface area contributed by atoms with E-state index in [-0.39, 0.29) is 0 Å². The average molecular weight is 224 g/mol. The van der Waals surface area contributed by atoms with E-state index in [0.717, 1.165) is 6.54 Å². The maximum absolute atomic E-state index is 4.92. The lowest BCUT2D eigenvalue weighted by molar-refractivity contribution is 0.377. The molecule has 1 aliphatic carbocycles. The Bertz CT molecular complexity index is 569. The van der Waals surface area contributed by atoms with Gasteiger partial charge in [0.2, 0.25) is 0 Å². The Labute approximate surface area is 102 Å². The van der Waals surface area contributed by atoms with Gasteiger partial charge in [-0.3, -0.25) is 0 Å². The fourth-order valence-corrected chi connectivity index (χ4v) is 3.46. The fraction of sp³-hybridized carbons (Fsp3) is 0.400. The van der Waals surface area contributed by atoms with Crippen LogP contribution in [0, 0.1) is 19.8 Å². The van der Waals surface area contributed by atoms with Gasteiger partial charge in [-0.05, 0) is 31.4 Å². The van der Waals surface area contributed by atoms with Crippen LogP contribution in [0.1, 0.15) is 23.1 Å². The molecule has 2 heterocycles. The van der Waals surface area contributed by atoms with E-state index in [1.807, 2.05) is 0 Å². The molecule has 2 bridgehead atoms. The van der Waals surface area contributed by atoms with E-state index in [0.29, 0.717) is 12.0 Å². The van der Waals surface area contributed by atoms with E-state index in [4.69, 9.17) is 4.99 Å². The van der Waals surface area contributed by atoms with E-state index in [1.165, 1.54) is 34.6 Å². The minimum absolute atomic E-state index is 0.578. The predicted octanol–water partition coefficient (Wildman–Crippen LogP) is 3.11. The molecular weight excluding hydrogens is 208 g/mol. The molecule has 2 unspecified atom stereocenters. The fourth-order valence-electron chi connectivity index (χ4n) is 3.46. The number of fused-ring (bicyclic) bond motifs is 6. The lowest BCUT2D eigenvalue weighted by Crippen LogP contribution is -2.36. The summed E-state index contributed by atoms with van der Waals surface area (Å²) in [5.74, 6) is 1.88. The maximum atomic E-state index is 4.92. The number of nitrogens with zero attached hydrogens (tertiary/aromatic N) is 2. The van der Waals surface area contributed by atoms with Gasteiger partial charge >= 0.3 is 0 Å². The standard InChI is InChI=1S/C15H16N2/c1-9-5-10(2)14-12(6-9)8-17-13-4-3-11(7-13)15(17)16-14/h3-6,11,13H,7-8H2,1-2H3. The highest BCUT2D eigenvalue weighted by molar-refractivity contribution is 5.94. The van der Waals surface area contributed by atoms with Gasteiger partial charge in [0.15, 0.2) is 0 Å². The monoisotopic (exact) mass is 224 g/mol. The number of aryl methyl sites for hydroxylation is 2. The van der Waals surface area contributed by atoms with Gasteiger partial charge in [0.1, 0.15) is 5.84 Å². The van der Waals surface area contributed by atoms with Gasteiger partial charge in [0.05, 0.1) is 5.69 Å². The van der Waals surface area contributed by atoms with Gasteiger partial charge in [0, 0.05) is 18.5 Å². The van der Waals surface area contributed by atoms with Crippen molar-refractivity contribution in [3.05, 3.63) is 41.0 Å². The van der Waals surface area contributed by atoms with Crippen LogP contribution in [-0.4, -0.2) is 16.8 Å². The summed E-state index contributed by atoms with van der Waals surface area (Å²) in [4.78, 5) is 7.40. The second-order valence-corrected chi connectivity index (χ2v) is 5.48. The molecule has 0 N–H and O–H groups in total. The molecule has 1 fully saturated rings. The van der Waals surface area contributed by atoms with Crippen molar-refractivity contribution >= 4 is 11.5 Å². The first-order chi connectivity index (χ1) is 8.22. The summed E-state index contributed by atoms with van der Waals surface area (Å²) in [6, 6.07) is 5.13. The highest BCUT2D eigenvalue weighted by Crippen LogP contribution is 2.41. The van der Waals surface area contributed by atoms with Crippen molar-refractivity contribution in [3.63, 3.8) is 0 Å². The molecule has 3 aliphatic rings. The predicted molar refractivity (Wildman–Crippen MR) is 69.6 cm³/mol. The Hall–Kier alpha value is -1.57. The molecule has 0 radical (unpaired) electrons. The molecule has 1 aromatic carbocycles. The molecule has 4 rings (SSSR count). The molecule has 1 saturated heterocycles. The molecule has 17 heavy (non-hydrogen) atoms. The number of hydrogen-bond donors (Lipinski definition) is 0. The van der Waals surface area contributed by atoms with Crippen molar-refractivity contribution in [2.75, 3.05) is 0 Å². The summed E-state index contributed by atoms with van der Waals surface area (Å²) in [6.45, 7) is 5.39. The largest absolute Gasteiger partial charge is 0.349 e. The second-order valence-electron chi connectivity index (χ2n) is 5.48. The quantitative estimate of drug-likeness (QED) is 0.618. The lowest BCUT2D eigenvalue weighted by Gasteiger charge is -2.32. The Morgan fingerprint density at radius 2 is 2.12 bits per heavy atom. The van der Waals surface area contributed by atoms with Crippen LogP contribution in [0.15, 0.2) is 29.3 Å². The lowest BCUT2D eigenvalue weighted by atomic mass is 10.0. The molecule has 2 aliphatic heterocycles. The molecule has 2 atom stereocenters. The Balaban J connectivity index is 1.90. The molecule has 0 saturated carbocycles. The Morgan fingerprint density at radius 3 is 3.00 bits per heavy atom. The third kappa shape index (κ3) is 1.18. The van der Waals surface area contributed by atoms with Crippen LogP contribution in [0.5, 0.6) is 0 Å². The number of hydrogen-bond acceptors (Lipinski definition) is 2. The summed E-state index contributed by atoms with van der Waals surface area (Å²) >= 11 is 0. The van der Waals surface area contributed by atoms with E-state index < -0.39 is 0 Å². The van der Waals surface area contributed by atoms with Gasteiger partial charge < -0.3 is 4.90 Å². The zero-order valence-electron chi connectivity index (χ0n) is 10.3. The van der Waals surface area contributed by atoms with Gasteiger partial charge in [0.25, 0.3) is 0 Å². The van der Waals surface area contributed by atoms with Gasteiger partial charge in [-0.15, -0.1) is 0 Å². The first-order valence-electron chi connectivity index (χ1n) is 6.36. The summed E-state index contributed by atoms with van der Waals surface area (Å²) in [5, 5.41) is 0. The zero-order chi connectivity index (χ0) is 11.6. The minimum Gasteiger partial charge on any atom is -0.349 e. The number of aliphatic imine (C=N–C) groups is 1. The first-order valence-corrected chi connectivity index (χ1v) is 6.36. The smallest absolute Gasteiger partial charge is 0.113 e.